The van der Waals surface area contributed by atoms with E-state index in [4.69, 9.17) is 4.74 Å². The van der Waals surface area contributed by atoms with Crippen molar-refractivity contribution in [1.29, 1.82) is 0 Å². The Morgan fingerprint density at radius 2 is 1.74 bits per heavy atom. The summed E-state index contributed by atoms with van der Waals surface area (Å²) in [6, 6.07) is 12.3. The molecule has 0 atom stereocenters. The minimum atomic E-state index is -0.839. The van der Waals surface area contributed by atoms with Crippen LogP contribution in [0.5, 0.6) is 0 Å². The molecule has 2 aromatic rings. The second-order valence-corrected chi connectivity index (χ2v) is 5.77. The molecule has 8 heteroatoms. The number of halogens is 1. The fourth-order valence-corrected chi connectivity index (χ4v) is 2.61. The second-order valence-electron chi connectivity index (χ2n) is 5.77. The van der Waals surface area contributed by atoms with Crippen LogP contribution < -0.4 is 10.2 Å². The molecule has 2 aromatic carbocycles. The summed E-state index contributed by atoms with van der Waals surface area (Å²) in [5.41, 5.74) is 0.848. The maximum absolute atomic E-state index is 13.5. The van der Waals surface area contributed by atoms with Crippen LogP contribution >= 0.6 is 0 Å². The molecule has 0 saturated carbocycles. The van der Waals surface area contributed by atoms with E-state index in [0.717, 1.165) is 4.90 Å². The summed E-state index contributed by atoms with van der Waals surface area (Å²) >= 11 is 0. The van der Waals surface area contributed by atoms with E-state index in [-0.39, 0.29) is 12.1 Å². The molecule has 2 amide bonds. The van der Waals surface area contributed by atoms with Crippen LogP contribution in [0.4, 0.5) is 10.1 Å². The van der Waals surface area contributed by atoms with Gasteiger partial charge in [-0.3, -0.25) is 24.1 Å². The molecule has 0 spiro atoms. The number of benzene rings is 2. The topological polar surface area (TPSA) is 92.8 Å². The normalized spacial score (nSPS) is 12.7. The molecule has 0 aromatic heterocycles. The molecule has 7 nitrogen and oxygen atoms in total. The Bertz CT molecular complexity index is 928. The average molecular weight is 370 g/mol. The van der Waals surface area contributed by atoms with Crippen molar-refractivity contribution in [2.75, 3.05) is 18.1 Å². The summed E-state index contributed by atoms with van der Waals surface area (Å²) in [7, 11) is 0. The van der Waals surface area contributed by atoms with Crippen molar-refractivity contribution in [2.24, 2.45) is 0 Å². The largest absolute Gasteiger partial charge is 0.454 e. The Balaban J connectivity index is 1.50. The number of nitrogens with one attached hydrogen (secondary N) is 1. The van der Waals surface area contributed by atoms with Gasteiger partial charge >= 0.3 is 5.97 Å². The summed E-state index contributed by atoms with van der Waals surface area (Å²) < 4.78 is 18.3. The highest BCUT2D eigenvalue weighted by atomic mass is 19.1. The van der Waals surface area contributed by atoms with E-state index in [1.165, 1.54) is 24.3 Å². The van der Waals surface area contributed by atoms with Crippen molar-refractivity contribution in [1.82, 2.24) is 5.32 Å². The van der Waals surface area contributed by atoms with Gasteiger partial charge in [0.25, 0.3) is 17.6 Å². The lowest BCUT2D eigenvalue weighted by atomic mass is 10.1. The first-order valence-electron chi connectivity index (χ1n) is 8.08. The standard InChI is InChI=1S/C19H15FN2O5/c20-14-7-3-1-5-12(14)9-21-16(23)11-27-17(24)10-22-15-8-4-2-6-13(15)18(25)19(22)26/h1-8H,9-11H2,(H,21,23). The third-order valence-electron chi connectivity index (χ3n) is 3.96. The van der Waals surface area contributed by atoms with E-state index >= 15 is 0 Å². The highest BCUT2D eigenvalue weighted by Crippen LogP contribution is 2.28. The van der Waals surface area contributed by atoms with Crippen LogP contribution in [0.1, 0.15) is 15.9 Å². The van der Waals surface area contributed by atoms with Gasteiger partial charge in [-0.1, -0.05) is 30.3 Å². The number of carbonyl (C=O) groups excluding carboxylic acids is 4. The Morgan fingerprint density at radius 1 is 1.04 bits per heavy atom. The van der Waals surface area contributed by atoms with E-state index < -0.39 is 42.5 Å². The predicted octanol–water partition coefficient (Wildman–Crippen LogP) is 1.21. The SMILES string of the molecule is O=C(COC(=O)CN1C(=O)C(=O)c2ccccc21)NCc1ccccc1F. The summed E-state index contributed by atoms with van der Waals surface area (Å²) in [5.74, 6) is -3.42. The molecule has 0 bridgehead atoms. The molecule has 138 valence electrons. The number of rotatable bonds is 6. The molecule has 1 aliphatic rings. The number of Topliss-reactive ketones (excluding diaryl/α,β-unsaturated/α-hetero) is 1. The van der Waals surface area contributed by atoms with Crippen molar-refractivity contribution in [3.05, 3.63) is 65.5 Å². The number of ketones is 1. The number of anilines is 1. The maximum Gasteiger partial charge on any atom is 0.326 e. The van der Waals surface area contributed by atoms with E-state index in [0.29, 0.717) is 11.3 Å². The monoisotopic (exact) mass is 370 g/mol. The van der Waals surface area contributed by atoms with Crippen molar-refractivity contribution in [2.45, 2.75) is 6.54 Å². The van der Waals surface area contributed by atoms with E-state index in [1.807, 2.05) is 0 Å². The van der Waals surface area contributed by atoms with Gasteiger partial charge in [-0.2, -0.15) is 0 Å². The molecule has 1 N–H and O–H groups in total. The second kappa shape index (κ2) is 7.77. The van der Waals surface area contributed by atoms with Gasteiger partial charge in [0.1, 0.15) is 12.4 Å². The van der Waals surface area contributed by atoms with Crippen LogP contribution in [0.25, 0.3) is 0 Å². The molecular formula is C19H15FN2O5. The zero-order chi connectivity index (χ0) is 19.4. The number of nitrogens with zero attached hydrogens (tertiary/aromatic N) is 1. The van der Waals surface area contributed by atoms with Crippen LogP contribution in [0, 0.1) is 5.82 Å². The quantitative estimate of drug-likeness (QED) is 0.610. The Hall–Kier alpha value is -3.55. The van der Waals surface area contributed by atoms with E-state index in [1.54, 1.807) is 24.3 Å². The van der Waals surface area contributed by atoms with Gasteiger partial charge in [-0.05, 0) is 18.2 Å². The fourth-order valence-electron chi connectivity index (χ4n) is 2.61. The van der Waals surface area contributed by atoms with Crippen LogP contribution in [-0.4, -0.2) is 36.7 Å². The number of hydrogen-bond donors (Lipinski definition) is 1. The van der Waals surface area contributed by atoms with Crippen LogP contribution in [0.2, 0.25) is 0 Å². The molecular weight excluding hydrogens is 355 g/mol. The van der Waals surface area contributed by atoms with E-state index in [9.17, 15) is 23.6 Å². The number of amides is 2. The number of hydrogen-bond acceptors (Lipinski definition) is 5. The Kier molecular flexibility index (Phi) is 5.25. The third kappa shape index (κ3) is 4.00. The molecule has 0 saturated heterocycles. The molecule has 1 heterocycles. The lowest BCUT2D eigenvalue weighted by Crippen LogP contribution is -2.37. The van der Waals surface area contributed by atoms with Crippen molar-refractivity contribution in [3.8, 4) is 0 Å². The highest BCUT2D eigenvalue weighted by molar-refractivity contribution is 6.52. The average Bonchev–Trinajstić information content (AvgIpc) is 2.91. The van der Waals surface area contributed by atoms with Crippen molar-refractivity contribution < 1.29 is 28.3 Å². The number of carbonyl (C=O) groups is 4. The summed E-state index contributed by atoms with van der Waals surface area (Å²) in [4.78, 5) is 48.5. The maximum atomic E-state index is 13.5. The fraction of sp³-hybridized carbons (Fsp3) is 0.158. The predicted molar refractivity (Wildman–Crippen MR) is 92.3 cm³/mol. The summed E-state index contributed by atoms with van der Waals surface area (Å²) in [6.45, 7) is -1.11. The Morgan fingerprint density at radius 3 is 2.52 bits per heavy atom. The van der Waals surface area contributed by atoms with Gasteiger partial charge < -0.3 is 10.1 Å². The van der Waals surface area contributed by atoms with Gasteiger partial charge in [0, 0.05) is 12.1 Å². The molecule has 3 rings (SSSR count). The van der Waals surface area contributed by atoms with Gasteiger partial charge in [0.15, 0.2) is 6.61 Å². The zero-order valence-corrected chi connectivity index (χ0v) is 14.1. The molecule has 27 heavy (non-hydrogen) atoms. The Labute approximate surface area is 153 Å². The van der Waals surface area contributed by atoms with Crippen LogP contribution in [0.15, 0.2) is 48.5 Å². The molecule has 1 aliphatic heterocycles. The molecule has 0 aliphatic carbocycles. The van der Waals surface area contributed by atoms with E-state index in [2.05, 4.69) is 5.32 Å². The summed E-state index contributed by atoms with van der Waals surface area (Å²) in [5, 5.41) is 2.43. The first kappa shape index (κ1) is 18.2. The molecule has 0 unspecified atom stereocenters. The summed E-state index contributed by atoms with van der Waals surface area (Å²) in [6.07, 6.45) is 0. The van der Waals surface area contributed by atoms with Crippen molar-refractivity contribution >= 4 is 29.3 Å². The number of esters is 1. The molecule has 0 radical (unpaired) electrons. The number of fused-ring (bicyclic) bond motifs is 1. The third-order valence-corrected chi connectivity index (χ3v) is 3.96. The first-order valence-corrected chi connectivity index (χ1v) is 8.08. The van der Waals surface area contributed by atoms with Crippen LogP contribution in [-0.2, 0) is 25.7 Å². The minimum Gasteiger partial charge on any atom is -0.454 e. The number of ether oxygens (including phenoxy) is 1. The van der Waals surface area contributed by atoms with Gasteiger partial charge in [0.2, 0.25) is 0 Å². The smallest absolute Gasteiger partial charge is 0.326 e. The van der Waals surface area contributed by atoms with Gasteiger partial charge in [0.05, 0.1) is 11.3 Å². The van der Waals surface area contributed by atoms with Crippen molar-refractivity contribution in [3.63, 3.8) is 0 Å². The van der Waals surface area contributed by atoms with Crippen LogP contribution in [0.3, 0.4) is 0 Å². The minimum absolute atomic E-state index is 0.0461. The zero-order valence-electron chi connectivity index (χ0n) is 14.1. The lowest BCUT2D eigenvalue weighted by Gasteiger charge is -2.15. The first-order chi connectivity index (χ1) is 13.0. The van der Waals surface area contributed by atoms with Gasteiger partial charge in [-0.15, -0.1) is 0 Å². The van der Waals surface area contributed by atoms with Gasteiger partial charge in [-0.25, -0.2) is 4.39 Å². The molecule has 0 fully saturated rings. The number of para-hydroxylation sites is 1. The lowest BCUT2D eigenvalue weighted by molar-refractivity contribution is -0.147. The highest BCUT2D eigenvalue weighted by Gasteiger charge is 2.36.